The van der Waals surface area contributed by atoms with Crippen LogP contribution in [-0.2, 0) is 6.54 Å². The average Bonchev–Trinajstić information content (AvgIpc) is 3.12. The van der Waals surface area contributed by atoms with Crippen LogP contribution in [0.3, 0.4) is 0 Å². The van der Waals surface area contributed by atoms with E-state index in [-0.39, 0.29) is 24.0 Å². The molecule has 2 aromatic rings. The molecule has 1 saturated heterocycles. The molecule has 0 saturated carbocycles. The van der Waals surface area contributed by atoms with Gasteiger partial charge >= 0.3 is 0 Å². The molecule has 1 N–H and O–H groups in total. The van der Waals surface area contributed by atoms with Gasteiger partial charge in [0.1, 0.15) is 6.54 Å². The summed E-state index contributed by atoms with van der Waals surface area (Å²) >= 11 is 0. The zero-order chi connectivity index (χ0) is 18.9. The number of rotatable bonds is 6. The smallest absolute Gasteiger partial charge is 0.248 e. The topological polar surface area (TPSA) is 69.8 Å². The summed E-state index contributed by atoms with van der Waals surface area (Å²) in [5.41, 5.74) is 1.24. The fraction of sp³-hybridized carbons (Fsp3) is 0.450. The van der Waals surface area contributed by atoms with E-state index < -0.39 is 0 Å². The van der Waals surface area contributed by atoms with E-state index in [1.54, 1.807) is 0 Å². The number of aryl methyl sites for hydroxylation is 1. The molecule has 152 valence electrons. The van der Waals surface area contributed by atoms with Crippen LogP contribution in [0.25, 0.3) is 6.08 Å². The molecule has 1 aromatic heterocycles. The van der Waals surface area contributed by atoms with Gasteiger partial charge in [-0.25, -0.2) is 4.99 Å². The zero-order valence-electron chi connectivity index (χ0n) is 16.5. The molecule has 8 heteroatoms. The van der Waals surface area contributed by atoms with Gasteiger partial charge in [-0.3, -0.25) is 4.90 Å². The van der Waals surface area contributed by atoms with Crippen molar-refractivity contribution in [3.05, 3.63) is 53.7 Å². The number of hydrogen-bond acceptors (Lipinski definition) is 5. The summed E-state index contributed by atoms with van der Waals surface area (Å²) in [7, 11) is 0. The molecule has 2 heterocycles. The van der Waals surface area contributed by atoms with Gasteiger partial charge in [0.25, 0.3) is 0 Å². The lowest BCUT2D eigenvalue weighted by atomic mass is 10.2. The van der Waals surface area contributed by atoms with Crippen molar-refractivity contribution in [1.82, 2.24) is 25.3 Å². The molecule has 0 bridgehead atoms. The van der Waals surface area contributed by atoms with E-state index in [4.69, 9.17) is 4.52 Å². The zero-order valence-corrected chi connectivity index (χ0v) is 18.9. The van der Waals surface area contributed by atoms with Gasteiger partial charge in [0.05, 0.1) is 0 Å². The molecule has 0 atom stereocenters. The van der Waals surface area contributed by atoms with Crippen molar-refractivity contribution in [3.63, 3.8) is 0 Å². The summed E-state index contributed by atoms with van der Waals surface area (Å²) in [5.74, 6) is 2.10. The van der Waals surface area contributed by atoms with Gasteiger partial charge in [-0.1, -0.05) is 47.6 Å². The first-order valence-corrected chi connectivity index (χ1v) is 9.51. The van der Waals surface area contributed by atoms with Crippen LogP contribution in [0.2, 0.25) is 0 Å². The highest BCUT2D eigenvalue weighted by Crippen LogP contribution is 2.06. The standard InChI is InChI=1S/C20H28N6O.HI/c1-3-21-20(22-16-19-23-17(2)24-27-19)26-14-12-25(13-15-26)11-7-10-18-8-5-4-6-9-18;/h4-10H,3,11-16H2,1-2H3,(H,21,22);1H. The Morgan fingerprint density at radius 2 is 1.96 bits per heavy atom. The third-order valence-corrected chi connectivity index (χ3v) is 4.41. The van der Waals surface area contributed by atoms with Crippen LogP contribution in [0.1, 0.15) is 24.2 Å². The van der Waals surface area contributed by atoms with Crippen LogP contribution >= 0.6 is 24.0 Å². The fourth-order valence-electron chi connectivity index (χ4n) is 3.02. The molecule has 28 heavy (non-hydrogen) atoms. The lowest BCUT2D eigenvalue weighted by Crippen LogP contribution is -2.52. The molecule has 0 spiro atoms. The molecular weight excluding hydrogens is 467 g/mol. The lowest BCUT2D eigenvalue weighted by molar-refractivity contribution is 0.194. The SMILES string of the molecule is CCNC(=NCc1nc(C)no1)N1CCN(CC=Cc2ccccc2)CC1.I. The molecule has 7 nitrogen and oxygen atoms in total. The summed E-state index contributed by atoms with van der Waals surface area (Å²) in [6.45, 7) is 10.0. The second kappa shape index (κ2) is 11.8. The number of piperazine rings is 1. The summed E-state index contributed by atoms with van der Waals surface area (Å²) in [6.07, 6.45) is 4.42. The first-order chi connectivity index (χ1) is 13.2. The summed E-state index contributed by atoms with van der Waals surface area (Å²) < 4.78 is 5.15. The van der Waals surface area contributed by atoms with Gasteiger partial charge in [0.2, 0.25) is 5.89 Å². The maximum absolute atomic E-state index is 5.15. The third-order valence-electron chi connectivity index (χ3n) is 4.41. The van der Waals surface area contributed by atoms with Gasteiger partial charge in [-0.15, -0.1) is 24.0 Å². The number of nitrogens with zero attached hydrogens (tertiary/aromatic N) is 5. The number of benzene rings is 1. The fourth-order valence-corrected chi connectivity index (χ4v) is 3.02. The molecule has 3 rings (SSSR count). The highest BCUT2D eigenvalue weighted by molar-refractivity contribution is 14.0. The number of aliphatic imine (C=N–C) groups is 1. The number of guanidine groups is 1. The van der Waals surface area contributed by atoms with Crippen molar-refractivity contribution >= 4 is 36.0 Å². The molecule has 0 amide bonds. The van der Waals surface area contributed by atoms with Crippen LogP contribution < -0.4 is 5.32 Å². The van der Waals surface area contributed by atoms with Crippen molar-refractivity contribution < 1.29 is 4.52 Å². The number of nitrogens with one attached hydrogen (secondary N) is 1. The molecule has 1 aliphatic heterocycles. The molecule has 1 fully saturated rings. The van der Waals surface area contributed by atoms with Gasteiger partial charge in [0, 0.05) is 39.3 Å². The van der Waals surface area contributed by atoms with Crippen molar-refractivity contribution in [3.8, 4) is 0 Å². The van der Waals surface area contributed by atoms with E-state index in [0.717, 1.165) is 45.2 Å². The second-order valence-corrected chi connectivity index (χ2v) is 6.51. The quantitative estimate of drug-likeness (QED) is 0.377. The molecule has 0 aliphatic carbocycles. The summed E-state index contributed by atoms with van der Waals surface area (Å²) in [6, 6.07) is 10.4. The first-order valence-electron chi connectivity index (χ1n) is 9.51. The Morgan fingerprint density at radius 1 is 1.21 bits per heavy atom. The van der Waals surface area contributed by atoms with E-state index in [1.807, 2.05) is 13.0 Å². The highest BCUT2D eigenvalue weighted by Gasteiger charge is 2.19. The van der Waals surface area contributed by atoms with E-state index in [0.29, 0.717) is 18.3 Å². The summed E-state index contributed by atoms with van der Waals surface area (Å²) in [4.78, 5) is 13.6. The van der Waals surface area contributed by atoms with Gasteiger partial charge in [-0.2, -0.15) is 4.98 Å². The Hall–Kier alpha value is -1.94. The first kappa shape index (κ1) is 22.4. The highest BCUT2D eigenvalue weighted by atomic mass is 127. The van der Waals surface area contributed by atoms with Crippen LogP contribution in [0.4, 0.5) is 0 Å². The Bertz CT molecular complexity index is 753. The maximum atomic E-state index is 5.15. The van der Waals surface area contributed by atoms with Gasteiger partial charge in [-0.05, 0) is 19.4 Å². The molecule has 1 aliphatic rings. The number of hydrogen-bond donors (Lipinski definition) is 1. The van der Waals surface area contributed by atoms with E-state index >= 15 is 0 Å². The maximum Gasteiger partial charge on any atom is 0.248 e. The average molecular weight is 496 g/mol. The molecular formula is C20H29IN6O. The molecule has 0 radical (unpaired) electrons. The Kier molecular flexibility index (Phi) is 9.42. The second-order valence-electron chi connectivity index (χ2n) is 6.51. The molecule has 0 unspecified atom stereocenters. The Labute approximate surface area is 183 Å². The van der Waals surface area contributed by atoms with E-state index in [9.17, 15) is 0 Å². The minimum Gasteiger partial charge on any atom is -0.357 e. The van der Waals surface area contributed by atoms with Crippen molar-refractivity contribution in [2.24, 2.45) is 4.99 Å². The van der Waals surface area contributed by atoms with Crippen LogP contribution in [0.15, 0.2) is 45.9 Å². The summed E-state index contributed by atoms with van der Waals surface area (Å²) in [5, 5.41) is 7.17. The lowest BCUT2D eigenvalue weighted by Gasteiger charge is -2.36. The van der Waals surface area contributed by atoms with Crippen molar-refractivity contribution in [2.75, 3.05) is 39.3 Å². The number of halogens is 1. The van der Waals surface area contributed by atoms with Crippen molar-refractivity contribution in [2.45, 2.75) is 20.4 Å². The largest absolute Gasteiger partial charge is 0.357 e. The molecule has 1 aromatic carbocycles. The third kappa shape index (κ3) is 6.90. The van der Waals surface area contributed by atoms with Crippen molar-refractivity contribution in [1.29, 1.82) is 0 Å². The van der Waals surface area contributed by atoms with Crippen LogP contribution in [-0.4, -0.2) is 65.2 Å². The number of aromatic nitrogens is 2. The van der Waals surface area contributed by atoms with Crippen LogP contribution in [0.5, 0.6) is 0 Å². The van der Waals surface area contributed by atoms with E-state index in [1.165, 1.54) is 5.56 Å². The minimum absolute atomic E-state index is 0. The monoisotopic (exact) mass is 496 g/mol. The Balaban J connectivity index is 0.00000280. The van der Waals surface area contributed by atoms with Gasteiger partial charge in [0.15, 0.2) is 11.8 Å². The Morgan fingerprint density at radius 3 is 2.61 bits per heavy atom. The minimum atomic E-state index is 0. The normalized spacial score (nSPS) is 15.6. The van der Waals surface area contributed by atoms with Crippen LogP contribution in [0, 0.1) is 6.92 Å². The predicted octanol–water partition coefficient (Wildman–Crippen LogP) is 2.79. The van der Waals surface area contributed by atoms with E-state index in [2.05, 4.69) is 73.6 Å². The van der Waals surface area contributed by atoms with Gasteiger partial charge < -0.3 is 14.7 Å². The predicted molar refractivity (Wildman–Crippen MR) is 123 cm³/mol.